The monoisotopic (exact) mass is 252 g/mol. The van der Waals surface area contributed by atoms with Crippen LogP contribution >= 0.6 is 12.6 Å². The summed E-state index contributed by atoms with van der Waals surface area (Å²) in [4.78, 5) is 0. The molecule has 1 saturated carbocycles. The van der Waals surface area contributed by atoms with Crippen LogP contribution in [0.4, 0.5) is 0 Å². The first-order chi connectivity index (χ1) is 8.28. The number of thiol groups is 1. The van der Waals surface area contributed by atoms with Crippen LogP contribution in [0.5, 0.6) is 11.5 Å². The molecule has 0 unspecified atom stereocenters. The first-order valence-electron chi connectivity index (χ1n) is 6.24. The van der Waals surface area contributed by atoms with Crippen LogP contribution in [-0.4, -0.2) is 19.0 Å². The number of benzene rings is 1. The van der Waals surface area contributed by atoms with Gasteiger partial charge < -0.3 is 9.47 Å². The quantitative estimate of drug-likeness (QED) is 0.748. The lowest BCUT2D eigenvalue weighted by Gasteiger charge is -2.13. The minimum Gasteiger partial charge on any atom is -0.494 e. The summed E-state index contributed by atoms with van der Waals surface area (Å²) in [6, 6.07) is 7.87. The zero-order chi connectivity index (χ0) is 12.1. The Morgan fingerprint density at radius 2 is 1.71 bits per heavy atom. The zero-order valence-corrected chi connectivity index (χ0v) is 11.2. The molecule has 1 aliphatic rings. The molecule has 1 aromatic carbocycles. The molecule has 3 heteroatoms. The molecule has 0 aromatic heterocycles. The molecule has 0 bridgehead atoms. The van der Waals surface area contributed by atoms with Crippen LogP contribution in [0.15, 0.2) is 24.3 Å². The van der Waals surface area contributed by atoms with Crippen molar-refractivity contribution in [3.05, 3.63) is 24.3 Å². The van der Waals surface area contributed by atoms with Crippen molar-refractivity contribution in [1.29, 1.82) is 0 Å². The molecule has 0 spiro atoms. The number of rotatable bonds is 7. The van der Waals surface area contributed by atoms with Crippen molar-refractivity contribution in [3.63, 3.8) is 0 Å². The van der Waals surface area contributed by atoms with E-state index in [0.29, 0.717) is 5.41 Å². The highest BCUT2D eigenvalue weighted by atomic mass is 32.1. The molecule has 0 atom stereocenters. The van der Waals surface area contributed by atoms with Gasteiger partial charge >= 0.3 is 0 Å². The van der Waals surface area contributed by atoms with Gasteiger partial charge in [0.25, 0.3) is 0 Å². The second-order valence-electron chi connectivity index (χ2n) is 4.77. The van der Waals surface area contributed by atoms with Gasteiger partial charge in [0.2, 0.25) is 0 Å². The third-order valence-electron chi connectivity index (χ3n) is 3.13. The smallest absolute Gasteiger partial charge is 0.119 e. The molecule has 94 valence electrons. The van der Waals surface area contributed by atoms with E-state index in [9.17, 15) is 0 Å². The normalized spacial score (nSPS) is 16.6. The number of hydrogen-bond donors (Lipinski definition) is 1. The van der Waals surface area contributed by atoms with Crippen LogP contribution in [0, 0.1) is 5.41 Å². The van der Waals surface area contributed by atoms with Crippen molar-refractivity contribution >= 4 is 12.6 Å². The van der Waals surface area contributed by atoms with Gasteiger partial charge in [-0.05, 0) is 49.3 Å². The average Bonchev–Trinajstić information content (AvgIpc) is 3.16. The summed E-state index contributed by atoms with van der Waals surface area (Å²) in [5.74, 6) is 2.75. The van der Waals surface area contributed by atoms with Gasteiger partial charge in [-0.15, -0.1) is 0 Å². The van der Waals surface area contributed by atoms with E-state index in [1.807, 2.05) is 24.3 Å². The molecule has 0 N–H and O–H groups in total. The summed E-state index contributed by atoms with van der Waals surface area (Å²) in [7, 11) is 0. The first kappa shape index (κ1) is 12.6. The Hall–Kier alpha value is -0.830. The number of ether oxygens (including phenoxy) is 2. The summed E-state index contributed by atoms with van der Waals surface area (Å²) in [5, 5.41) is 0. The Labute approximate surface area is 109 Å². The van der Waals surface area contributed by atoms with Gasteiger partial charge in [0, 0.05) is 5.41 Å². The third kappa shape index (κ3) is 3.56. The van der Waals surface area contributed by atoms with E-state index < -0.39 is 0 Å². The second kappa shape index (κ2) is 5.67. The fourth-order valence-corrected chi connectivity index (χ4v) is 2.02. The standard InChI is InChI=1S/C14H20O2S/c1-2-9-15-12-3-5-13(6-4-12)16-10-14(11-17)7-8-14/h3-6,17H,2,7-11H2,1H3. The van der Waals surface area contributed by atoms with E-state index in [0.717, 1.165) is 36.9 Å². The SMILES string of the molecule is CCCOc1ccc(OCC2(CS)CC2)cc1. The maximum atomic E-state index is 5.78. The fourth-order valence-electron chi connectivity index (χ4n) is 1.61. The van der Waals surface area contributed by atoms with E-state index in [4.69, 9.17) is 9.47 Å². The number of hydrogen-bond acceptors (Lipinski definition) is 3. The predicted octanol–water partition coefficient (Wildman–Crippen LogP) is 3.56. The fraction of sp³-hybridized carbons (Fsp3) is 0.571. The Morgan fingerprint density at radius 1 is 1.12 bits per heavy atom. The van der Waals surface area contributed by atoms with Crippen LogP contribution in [0.2, 0.25) is 0 Å². The maximum Gasteiger partial charge on any atom is 0.119 e. The zero-order valence-electron chi connectivity index (χ0n) is 10.3. The molecule has 0 amide bonds. The van der Waals surface area contributed by atoms with E-state index >= 15 is 0 Å². The minimum atomic E-state index is 0.348. The third-order valence-corrected chi connectivity index (χ3v) is 3.80. The highest BCUT2D eigenvalue weighted by Gasteiger charge is 2.42. The van der Waals surface area contributed by atoms with Gasteiger partial charge in [0.05, 0.1) is 13.2 Å². The molecule has 1 fully saturated rings. The van der Waals surface area contributed by atoms with Crippen LogP contribution in [0.3, 0.4) is 0 Å². The summed E-state index contributed by atoms with van der Waals surface area (Å²) in [6.07, 6.45) is 3.52. The van der Waals surface area contributed by atoms with Gasteiger partial charge in [-0.3, -0.25) is 0 Å². The molecule has 0 saturated heterocycles. The van der Waals surface area contributed by atoms with Gasteiger partial charge in [-0.25, -0.2) is 0 Å². The Kier molecular flexibility index (Phi) is 4.21. The molecule has 0 radical (unpaired) electrons. The maximum absolute atomic E-state index is 5.78. The lowest BCUT2D eigenvalue weighted by Crippen LogP contribution is -2.14. The first-order valence-corrected chi connectivity index (χ1v) is 6.88. The molecular formula is C14H20O2S. The largest absolute Gasteiger partial charge is 0.494 e. The molecule has 1 aromatic rings. The van der Waals surface area contributed by atoms with Crippen molar-refractivity contribution < 1.29 is 9.47 Å². The minimum absolute atomic E-state index is 0.348. The summed E-state index contributed by atoms with van der Waals surface area (Å²) >= 11 is 4.36. The second-order valence-corrected chi connectivity index (χ2v) is 5.08. The van der Waals surface area contributed by atoms with E-state index in [-0.39, 0.29) is 0 Å². The molecular weight excluding hydrogens is 232 g/mol. The van der Waals surface area contributed by atoms with E-state index in [2.05, 4.69) is 19.6 Å². The molecule has 1 aliphatic carbocycles. The topological polar surface area (TPSA) is 18.5 Å². The lowest BCUT2D eigenvalue weighted by atomic mass is 10.2. The molecule has 2 nitrogen and oxygen atoms in total. The van der Waals surface area contributed by atoms with Crippen molar-refractivity contribution in [2.45, 2.75) is 26.2 Å². The summed E-state index contributed by atoms with van der Waals surface area (Å²) in [5.41, 5.74) is 0.348. The van der Waals surface area contributed by atoms with Crippen molar-refractivity contribution in [2.24, 2.45) is 5.41 Å². The van der Waals surface area contributed by atoms with Crippen LogP contribution < -0.4 is 9.47 Å². The summed E-state index contributed by atoms with van der Waals surface area (Å²) in [6.45, 7) is 3.65. The highest BCUT2D eigenvalue weighted by molar-refractivity contribution is 7.80. The van der Waals surface area contributed by atoms with E-state index in [1.54, 1.807) is 0 Å². The summed E-state index contributed by atoms with van der Waals surface area (Å²) < 4.78 is 11.3. The molecule has 0 heterocycles. The van der Waals surface area contributed by atoms with Gasteiger partial charge in [-0.1, -0.05) is 6.92 Å². The Balaban J connectivity index is 1.81. The van der Waals surface area contributed by atoms with Gasteiger partial charge in [0.15, 0.2) is 0 Å². The molecule has 2 rings (SSSR count). The van der Waals surface area contributed by atoms with E-state index in [1.165, 1.54) is 12.8 Å². The predicted molar refractivity (Wildman–Crippen MR) is 73.2 cm³/mol. The Bertz CT molecular complexity index is 344. The van der Waals surface area contributed by atoms with Crippen LogP contribution in [0.25, 0.3) is 0 Å². The van der Waals surface area contributed by atoms with Crippen molar-refractivity contribution in [3.8, 4) is 11.5 Å². The Morgan fingerprint density at radius 3 is 2.18 bits per heavy atom. The highest BCUT2D eigenvalue weighted by Crippen LogP contribution is 2.46. The van der Waals surface area contributed by atoms with Gasteiger partial charge in [-0.2, -0.15) is 12.6 Å². The van der Waals surface area contributed by atoms with Crippen molar-refractivity contribution in [1.82, 2.24) is 0 Å². The average molecular weight is 252 g/mol. The van der Waals surface area contributed by atoms with Crippen LogP contribution in [-0.2, 0) is 0 Å². The van der Waals surface area contributed by atoms with Gasteiger partial charge in [0.1, 0.15) is 11.5 Å². The molecule has 17 heavy (non-hydrogen) atoms. The molecule has 0 aliphatic heterocycles. The van der Waals surface area contributed by atoms with Crippen molar-refractivity contribution in [2.75, 3.05) is 19.0 Å². The van der Waals surface area contributed by atoms with Crippen LogP contribution in [0.1, 0.15) is 26.2 Å². The lowest BCUT2D eigenvalue weighted by molar-refractivity contribution is 0.250.